The van der Waals surface area contributed by atoms with Crippen molar-refractivity contribution < 1.29 is 69.0 Å². The lowest BCUT2D eigenvalue weighted by atomic mass is 9.98. The number of carbonyl (C=O) groups is 1. The van der Waals surface area contributed by atoms with Crippen molar-refractivity contribution in [3.05, 3.63) is 72.9 Å². The Labute approximate surface area is 421 Å². The SMILES string of the molecule is CC/C=C\C/C=C\C/C=C\C/C=C\C/C=C\CCCCOCC(COC1OC(COC2OC(CO)C(O)C(O)C2O)C(O)C(O)C1O)OC(=O)CCCCCCCCC/C=C\CCCCCCCCC. The van der Waals surface area contributed by atoms with Crippen LogP contribution in [-0.2, 0) is 33.2 Å². The van der Waals surface area contributed by atoms with E-state index in [1.54, 1.807) is 0 Å². The van der Waals surface area contributed by atoms with Crippen molar-refractivity contribution in [2.45, 2.75) is 242 Å². The summed E-state index contributed by atoms with van der Waals surface area (Å²) in [4.78, 5) is 13.0. The van der Waals surface area contributed by atoms with Crippen LogP contribution in [0.2, 0.25) is 0 Å². The van der Waals surface area contributed by atoms with E-state index < -0.39 is 86.7 Å². The second-order valence-electron chi connectivity index (χ2n) is 18.7. The average molecular weight is 993 g/mol. The van der Waals surface area contributed by atoms with Gasteiger partial charge in [0.1, 0.15) is 54.9 Å². The van der Waals surface area contributed by atoms with Gasteiger partial charge < -0.3 is 64.2 Å². The number of aliphatic hydroxyl groups excluding tert-OH is 7. The van der Waals surface area contributed by atoms with E-state index in [1.165, 1.54) is 70.6 Å². The lowest BCUT2D eigenvalue weighted by Crippen LogP contribution is -2.61. The summed E-state index contributed by atoms with van der Waals surface area (Å²) in [6.45, 7) is 3.45. The zero-order chi connectivity index (χ0) is 50.9. The number of ether oxygens (including phenoxy) is 6. The van der Waals surface area contributed by atoms with Gasteiger partial charge in [-0.15, -0.1) is 0 Å². The summed E-state index contributed by atoms with van der Waals surface area (Å²) in [5.74, 6) is -0.398. The molecular formula is C56H96O14. The molecule has 11 atom stereocenters. The molecule has 11 unspecified atom stereocenters. The van der Waals surface area contributed by atoms with E-state index >= 15 is 0 Å². The van der Waals surface area contributed by atoms with E-state index in [0.717, 1.165) is 77.0 Å². The molecule has 404 valence electrons. The summed E-state index contributed by atoms with van der Waals surface area (Å²) in [6.07, 6.45) is 36.8. The van der Waals surface area contributed by atoms with Gasteiger partial charge in [0.25, 0.3) is 0 Å². The molecule has 2 aliphatic heterocycles. The number of hydrogen-bond acceptors (Lipinski definition) is 14. The molecule has 0 spiro atoms. The summed E-state index contributed by atoms with van der Waals surface area (Å²) >= 11 is 0. The molecule has 0 saturated carbocycles. The molecule has 0 aliphatic carbocycles. The second-order valence-corrected chi connectivity index (χ2v) is 18.7. The average Bonchev–Trinajstić information content (AvgIpc) is 3.36. The van der Waals surface area contributed by atoms with Gasteiger partial charge in [-0.05, 0) is 83.5 Å². The minimum atomic E-state index is -1.72. The van der Waals surface area contributed by atoms with Crippen LogP contribution in [0, 0.1) is 0 Å². The van der Waals surface area contributed by atoms with Crippen molar-refractivity contribution in [1.82, 2.24) is 0 Å². The molecule has 0 aromatic rings. The monoisotopic (exact) mass is 993 g/mol. The minimum Gasteiger partial charge on any atom is -0.457 e. The molecule has 2 heterocycles. The number of unbranched alkanes of at least 4 members (excludes halogenated alkanes) is 16. The Kier molecular flexibility index (Phi) is 38.9. The van der Waals surface area contributed by atoms with E-state index in [-0.39, 0.29) is 19.6 Å². The molecular weight excluding hydrogens is 897 g/mol. The molecule has 0 radical (unpaired) electrons. The summed E-state index contributed by atoms with van der Waals surface area (Å²) in [6, 6.07) is 0. The van der Waals surface area contributed by atoms with Crippen molar-refractivity contribution in [2.24, 2.45) is 0 Å². The quantitative estimate of drug-likeness (QED) is 0.0173. The van der Waals surface area contributed by atoms with Crippen LogP contribution < -0.4 is 0 Å². The number of esters is 1. The zero-order valence-electron chi connectivity index (χ0n) is 43.0. The van der Waals surface area contributed by atoms with E-state index in [0.29, 0.717) is 13.0 Å². The molecule has 0 bridgehead atoms. The fourth-order valence-electron chi connectivity index (χ4n) is 8.07. The fourth-order valence-corrected chi connectivity index (χ4v) is 8.07. The minimum absolute atomic E-state index is 0.0271. The predicted octanol–water partition coefficient (Wildman–Crippen LogP) is 8.69. The smallest absolute Gasteiger partial charge is 0.306 e. The van der Waals surface area contributed by atoms with Crippen LogP contribution in [0.4, 0.5) is 0 Å². The van der Waals surface area contributed by atoms with Crippen LogP contribution in [0.15, 0.2) is 72.9 Å². The summed E-state index contributed by atoms with van der Waals surface area (Å²) in [7, 11) is 0. The Morgan fingerprint density at radius 1 is 0.486 bits per heavy atom. The van der Waals surface area contributed by atoms with E-state index in [9.17, 15) is 40.5 Å². The highest BCUT2D eigenvalue weighted by Gasteiger charge is 2.47. The molecule has 14 heteroatoms. The van der Waals surface area contributed by atoms with Crippen molar-refractivity contribution in [3.8, 4) is 0 Å². The number of hydrogen-bond donors (Lipinski definition) is 7. The molecule has 0 aromatic carbocycles. The lowest BCUT2D eigenvalue weighted by molar-refractivity contribution is -0.332. The summed E-state index contributed by atoms with van der Waals surface area (Å²) in [5.41, 5.74) is 0. The third-order valence-corrected chi connectivity index (χ3v) is 12.4. The lowest BCUT2D eigenvalue weighted by Gasteiger charge is -2.42. The van der Waals surface area contributed by atoms with Gasteiger partial charge in [0, 0.05) is 13.0 Å². The maximum Gasteiger partial charge on any atom is 0.306 e. The molecule has 14 nitrogen and oxygen atoms in total. The van der Waals surface area contributed by atoms with Crippen LogP contribution in [0.5, 0.6) is 0 Å². The Balaban J connectivity index is 1.78. The topological polar surface area (TPSA) is 214 Å². The maximum absolute atomic E-state index is 13.0. The Morgan fingerprint density at radius 3 is 1.47 bits per heavy atom. The van der Waals surface area contributed by atoms with Crippen LogP contribution >= 0.6 is 0 Å². The number of carbonyl (C=O) groups excluding carboxylic acids is 1. The van der Waals surface area contributed by atoms with Crippen molar-refractivity contribution >= 4 is 5.97 Å². The van der Waals surface area contributed by atoms with Gasteiger partial charge in [0.2, 0.25) is 0 Å². The first-order valence-electron chi connectivity index (χ1n) is 27.0. The molecule has 2 aliphatic rings. The standard InChI is InChI=1S/C56H96O14/c1-3-5-7-9-11-13-15-17-19-21-23-25-27-29-31-33-35-37-39-48(58)68-45(42-65-40-38-36-34-32-30-28-26-24-22-20-18-16-14-12-10-8-6-4-2)43-66-55-54(64)52(62)50(60)47(70-55)44-67-56-53(63)51(61)49(59)46(41-57)69-56/h6,8,12,14,18-21,24,26,30,32,45-47,49-57,59-64H,3-5,7,9-11,13,15-17,22-23,25,27-29,31,33-44H2,1-2H3/b8-6-,14-12-,20-18-,21-19-,26-24-,32-30-. The second kappa shape index (κ2) is 42.9. The van der Waals surface area contributed by atoms with E-state index in [1.807, 2.05) is 0 Å². The van der Waals surface area contributed by atoms with Crippen molar-refractivity contribution in [2.75, 3.05) is 33.0 Å². The fraction of sp³-hybridized carbons (Fsp3) is 0.768. The first kappa shape index (κ1) is 63.5. The molecule has 0 aromatic heterocycles. The summed E-state index contributed by atoms with van der Waals surface area (Å²) < 4.78 is 34.3. The van der Waals surface area contributed by atoms with Gasteiger partial charge in [-0.25, -0.2) is 0 Å². The number of rotatable bonds is 42. The first-order chi connectivity index (χ1) is 34.1. The first-order valence-corrected chi connectivity index (χ1v) is 27.0. The maximum atomic E-state index is 13.0. The molecule has 2 saturated heterocycles. The Bertz CT molecular complexity index is 1430. The normalized spacial score (nSPS) is 26.1. The third-order valence-electron chi connectivity index (χ3n) is 12.4. The van der Waals surface area contributed by atoms with Crippen LogP contribution in [0.1, 0.15) is 174 Å². The molecule has 2 fully saturated rings. The van der Waals surface area contributed by atoms with Crippen molar-refractivity contribution in [3.63, 3.8) is 0 Å². The van der Waals surface area contributed by atoms with Gasteiger partial charge in [-0.3, -0.25) is 4.79 Å². The molecule has 0 amide bonds. The highest BCUT2D eigenvalue weighted by molar-refractivity contribution is 5.69. The van der Waals surface area contributed by atoms with Gasteiger partial charge in [0.15, 0.2) is 12.6 Å². The largest absolute Gasteiger partial charge is 0.457 e. The molecule has 2 rings (SSSR count). The van der Waals surface area contributed by atoms with Gasteiger partial charge in [0.05, 0.1) is 26.4 Å². The van der Waals surface area contributed by atoms with Crippen LogP contribution in [0.3, 0.4) is 0 Å². The van der Waals surface area contributed by atoms with Crippen molar-refractivity contribution in [1.29, 1.82) is 0 Å². The van der Waals surface area contributed by atoms with Gasteiger partial charge in [-0.1, -0.05) is 157 Å². The van der Waals surface area contributed by atoms with E-state index in [4.69, 9.17) is 28.4 Å². The molecule has 70 heavy (non-hydrogen) atoms. The zero-order valence-corrected chi connectivity index (χ0v) is 43.0. The highest BCUT2D eigenvalue weighted by Crippen LogP contribution is 2.26. The molecule has 7 N–H and O–H groups in total. The van der Waals surface area contributed by atoms with Crippen LogP contribution in [0.25, 0.3) is 0 Å². The Hall–Kier alpha value is -2.57. The van der Waals surface area contributed by atoms with Gasteiger partial charge in [-0.2, -0.15) is 0 Å². The highest BCUT2D eigenvalue weighted by atomic mass is 16.7. The van der Waals surface area contributed by atoms with Crippen LogP contribution in [-0.4, -0.2) is 142 Å². The van der Waals surface area contributed by atoms with E-state index in [2.05, 4.69) is 86.8 Å². The van der Waals surface area contributed by atoms with Gasteiger partial charge >= 0.3 is 5.97 Å². The summed E-state index contributed by atoms with van der Waals surface area (Å²) in [5, 5.41) is 72.2. The third kappa shape index (κ3) is 29.8. The number of allylic oxidation sites excluding steroid dienone is 12. The predicted molar refractivity (Wildman–Crippen MR) is 275 cm³/mol. The Morgan fingerprint density at radius 2 is 0.929 bits per heavy atom. The number of aliphatic hydroxyl groups is 7.